The Hall–Kier alpha value is -2.58. The third-order valence-electron chi connectivity index (χ3n) is 12.7. The summed E-state index contributed by atoms with van der Waals surface area (Å²) in [5.74, 6) is 1.85. The first-order chi connectivity index (χ1) is 28.9. The van der Waals surface area contributed by atoms with Gasteiger partial charge >= 0.3 is 5.97 Å². The highest BCUT2D eigenvalue weighted by Gasteiger charge is 2.40. The lowest BCUT2D eigenvalue weighted by molar-refractivity contribution is 0.0732. The van der Waals surface area contributed by atoms with Gasteiger partial charge in [-0.2, -0.15) is 0 Å². The Balaban J connectivity index is 2.27. The first-order valence-corrected chi connectivity index (χ1v) is 30.2. The van der Waals surface area contributed by atoms with Crippen LogP contribution in [0.25, 0.3) is 10.8 Å². The van der Waals surface area contributed by atoms with E-state index in [1.807, 2.05) is 30.3 Å². The summed E-state index contributed by atoms with van der Waals surface area (Å²) in [5, 5.41) is 2.11. The summed E-state index contributed by atoms with van der Waals surface area (Å²) < 4.78 is 21.8. The number of unbranched alkanes of at least 4 members (excludes halogenated alkanes) is 18. The van der Waals surface area contributed by atoms with Crippen molar-refractivity contribution in [3.8, 4) is 17.2 Å². The summed E-state index contributed by atoms with van der Waals surface area (Å²) in [7, 11) is -4.61. The average Bonchev–Trinajstić information content (AvgIpc) is 3.25. The molecule has 0 amide bonds. The second kappa shape index (κ2) is 30.5. The van der Waals surface area contributed by atoms with Gasteiger partial charge in [0.15, 0.2) is 0 Å². The van der Waals surface area contributed by atoms with E-state index in [0.717, 1.165) is 40.4 Å². The molecule has 0 spiro atoms. The van der Waals surface area contributed by atoms with Crippen LogP contribution in [0.2, 0.25) is 36.3 Å². The lowest BCUT2D eigenvalue weighted by Crippen LogP contribution is -2.43. The number of hydrogen-bond donors (Lipinski definition) is 0. The van der Waals surface area contributed by atoms with Gasteiger partial charge in [0.05, 0.1) is 0 Å². The lowest BCUT2D eigenvalue weighted by atomic mass is 10.0. The van der Waals surface area contributed by atoms with Crippen molar-refractivity contribution in [2.45, 2.75) is 232 Å². The predicted octanol–water partition coefficient (Wildman–Crippen LogP) is 18.2. The van der Waals surface area contributed by atoms with E-state index in [1.54, 1.807) is 0 Å². The summed E-state index contributed by atoms with van der Waals surface area (Å²) >= 11 is 0. The van der Waals surface area contributed by atoms with Gasteiger partial charge in [-0.3, -0.25) is 0 Å². The van der Waals surface area contributed by atoms with Crippen LogP contribution in [-0.4, -0.2) is 22.6 Å². The van der Waals surface area contributed by atoms with Crippen LogP contribution in [0.1, 0.15) is 206 Å². The van der Waals surface area contributed by atoms with Crippen LogP contribution in [0.15, 0.2) is 60.7 Å². The molecule has 0 heterocycles. The number of carbonyl (C=O) groups excluding carboxylic acids is 1. The van der Waals surface area contributed by atoms with E-state index in [4.69, 9.17) is 13.6 Å². The molecule has 59 heavy (non-hydrogen) atoms. The molecule has 3 aromatic carbocycles. The monoisotopic (exact) mass is 845 g/mol. The number of para-hydroxylation sites is 1. The molecule has 6 heteroatoms. The van der Waals surface area contributed by atoms with Gasteiger partial charge in [-0.1, -0.05) is 238 Å². The fraction of sp³-hybridized carbons (Fsp3) is 0.679. The van der Waals surface area contributed by atoms with Gasteiger partial charge in [0.1, 0.15) is 22.8 Å². The molecule has 3 rings (SSSR count). The summed E-state index contributed by atoms with van der Waals surface area (Å²) in [4.78, 5) is 14.8. The van der Waals surface area contributed by atoms with Crippen LogP contribution < -0.4 is 13.6 Å². The Morgan fingerprint density at radius 2 is 0.780 bits per heavy atom. The molecule has 0 bridgehead atoms. The standard InChI is InChI=1S/C53H88O4Si2/c1-7-13-19-30-40-58(41-31-20-14-8-2,42-32-21-15-9-3)56-51-46-50(53(54)55-47-36-26-25-27-37-47)52(49-39-29-28-38-48(49)51)57-59(43-33-22-16-10-4,44-34-23-17-11-5)45-35-24-18-12-6/h25-29,36-39,46H,7-24,30-35,40-45H2,1-6H3. The minimum absolute atomic E-state index is 0.339. The van der Waals surface area contributed by atoms with Gasteiger partial charge in [-0.05, 0) is 54.5 Å². The Morgan fingerprint density at radius 3 is 1.17 bits per heavy atom. The Labute approximate surface area is 365 Å². The van der Waals surface area contributed by atoms with E-state index >= 15 is 0 Å². The number of hydrogen-bond acceptors (Lipinski definition) is 4. The van der Waals surface area contributed by atoms with Crippen molar-refractivity contribution < 1.29 is 18.4 Å². The molecule has 0 aliphatic carbocycles. The zero-order valence-electron chi connectivity index (χ0n) is 39.1. The predicted molar refractivity (Wildman–Crippen MR) is 262 cm³/mol. The van der Waals surface area contributed by atoms with E-state index in [1.165, 1.54) is 172 Å². The van der Waals surface area contributed by atoms with E-state index in [-0.39, 0.29) is 5.97 Å². The van der Waals surface area contributed by atoms with Crippen molar-refractivity contribution in [1.29, 1.82) is 0 Å². The number of benzene rings is 3. The topological polar surface area (TPSA) is 44.8 Å². The van der Waals surface area contributed by atoms with Gasteiger partial charge in [0.25, 0.3) is 16.6 Å². The van der Waals surface area contributed by atoms with Crippen molar-refractivity contribution in [1.82, 2.24) is 0 Å². The maximum absolute atomic E-state index is 14.8. The molecule has 0 saturated heterocycles. The smallest absolute Gasteiger partial charge is 0.347 e. The van der Waals surface area contributed by atoms with E-state index in [9.17, 15) is 4.79 Å². The summed E-state index contributed by atoms with van der Waals surface area (Å²) in [6.45, 7) is 13.8. The van der Waals surface area contributed by atoms with Gasteiger partial charge in [0, 0.05) is 10.8 Å². The van der Waals surface area contributed by atoms with Crippen molar-refractivity contribution >= 4 is 33.4 Å². The molecule has 0 fully saturated rings. The van der Waals surface area contributed by atoms with Gasteiger partial charge in [0.2, 0.25) is 0 Å². The van der Waals surface area contributed by atoms with E-state index < -0.39 is 16.6 Å². The Morgan fingerprint density at radius 1 is 0.424 bits per heavy atom. The Kier molecular flexibility index (Phi) is 26.2. The fourth-order valence-electron chi connectivity index (χ4n) is 9.06. The largest absolute Gasteiger partial charge is 0.543 e. The van der Waals surface area contributed by atoms with Crippen molar-refractivity contribution in [3.05, 3.63) is 66.2 Å². The highest BCUT2D eigenvalue weighted by Crippen LogP contribution is 2.44. The van der Waals surface area contributed by atoms with E-state index in [2.05, 4.69) is 71.9 Å². The molecule has 0 saturated carbocycles. The number of rotatable bonds is 36. The van der Waals surface area contributed by atoms with Gasteiger partial charge in [-0.15, -0.1) is 0 Å². The van der Waals surface area contributed by atoms with Crippen LogP contribution >= 0.6 is 0 Å². The van der Waals surface area contributed by atoms with E-state index in [0.29, 0.717) is 11.3 Å². The second-order valence-electron chi connectivity index (χ2n) is 17.9. The van der Waals surface area contributed by atoms with Gasteiger partial charge < -0.3 is 13.6 Å². The summed E-state index contributed by atoms with van der Waals surface area (Å²) in [6, 6.07) is 27.4. The first-order valence-electron chi connectivity index (χ1n) is 25.1. The molecule has 3 aromatic rings. The SMILES string of the molecule is CCCCCC[Si](CCCCCC)(CCCCCC)Oc1cc(C(=O)Oc2ccccc2)c(O[Si](CCCCCC)(CCCCCC)CCCCCC)c2ccccc12. The fourth-order valence-corrected chi connectivity index (χ4v) is 17.8. The number of fused-ring (bicyclic) bond motifs is 1. The molecular formula is C53H88O4Si2. The molecule has 0 N–H and O–H groups in total. The van der Waals surface area contributed by atoms with Gasteiger partial charge in [-0.25, -0.2) is 4.79 Å². The first kappa shape index (κ1) is 50.8. The molecule has 332 valence electrons. The van der Waals surface area contributed by atoms with Crippen molar-refractivity contribution in [2.24, 2.45) is 0 Å². The zero-order valence-corrected chi connectivity index (χ0v) is 41.1. The highest BCUT2D eigenvalue weighted by molar-refractivity contribution is 6.75. The molecule has 0 radical (unpaired) electrons. The second-order valence-corrected chi connectivity index (χ2v) is 26.1. The third kappa shape index (κ3) is 18.5. The van der Waals surface area contributed by atoms with Crippen molar-refractivity contribution in [2.75, 3.05) is 0 Å². The average molecular weight is 845 g/mol. The minimum atomic E-state index is -2.35. The third-order valence-corrected chi connectivity index (χ3v) is 21.6. The van der Waals surface area contributed by atoms with Crippen LogP contribution in [0.4, 0.5) is 0 Å². The molecular weight excluding hydrogens is 757 g/mol. The highest BCUT2D eigenvalue weighted by atomic mass is 28.4. The van der Waals surface area contributed by atoms with Crippen LogP contribution in [0, 0.1) is 0 Å². The molecule has 0 aliphatic rings. The normalized spacial score (nSPS) is 12.0. The minimum Gasteiger partial charge on any atom is -0.543 e. The zero-order chi connectivity index (χ0) is 42.4. The summed E-state index contributed by atoms with van der Waals surface area (Å²) in [6.07, 6.45) is 29.9. The maximum atomic E-state index is 14.8. The Bertz CT molecular complexity index is 1460. The van der Waals surface area contributed by atoms with Crippen LogP contribution in [0.3, 0.4) is 0 Å². The lowest BCUT2D eigenvalue weighted by Gasteiger charge is -2.36. The van der Waals surface area contributed by atoms with Crippen LogP contribution in [-0.2, 0) is 0 Å². The maximum Gasteiger partial charge on any atom is 0.347 e. The number of carbonyl (C=O) groups is 1. The van der Waals surface area contributed by atoms with Crippen LogP contribution in [0.5, 0.6) is 17.2 Å². The number of ether oxygens (including phenoxy) is 1. The van der Waals surface area contributed by atoms with Crippen molar-refractivity contribution in [3.63, 3.8) is 0 Å². The summed E-state index contributed by atoms with van der Waals surface area (Å²) in [5.41, 5.74) is 0.543. The molecule has 0 aromatic heterocycles. The number of esters is 1. The quantitative estimate of drug-likeness (QED) is 0.0253. The molecule has 0 aliphatic heterocycles. The molecule has 4 nitrogen and oxygen atoms in total. The molecule has 0 atom stereocenters. The molecule has 0 unspecified atom stereocenters.